The number of allylic oxidation sites excluding steroid dienone is 3. The van der Waals surface area contributed by atoms with Crippen LogP contribution in [0.1, 0.15) is 30.1 Å². The van der Waals surface area contributed by atoms with Crippen LogP contribution in [0.25, 0.3) is 0 Å². The molecule has 1 atom stereocenters. The van der Waals surface area contributed by atoms with E-state index < -0.39 is 0 Å². The minimum atomic E-state index is -0.352. The van der Waals surface area contributed by atoms with Gasteiger partial charge in [0.05, 0.1) is 17.6 Å². The van der Waals surface area contributed by atoms with Crippen LogP contribution in [0, 0.1) is 11.3 Å². The van der Waals surface area contributed by atoms with Gasteiger partial charge in [0.15, 0.2) is 5.78 Å². The molecule has 2 aliphatic rings. The fourth-order valence-corrected chi connectivity index (χ4v) is 4.82. The molecule has 0 saturated heterocycles. The molecule has 1 aliphatic heterocycles. The quantitative estimate of drug-likeness (QED) is 0.748. The summed E-state index contributed by atoms with van der Waals surface area (Å²) >= 11 is 5.00. The summed E-state index contributed by atoms with van der Waals surface area (Å²) in [6.07, 6.45) is 2.10. The number of hydrogen-bond acceptors (Lipinski definition) is 5. The second-order valence-corrected chi connectivity index (χ2v) is 8.20. The third-order valence-corrected chi connectivity index (χ3v) is 6.29. The standard InChI is InChI=1S/C20H16BrN3OS/c21-12-6-8-13(9-7-12)24-15-3-1-4-16(25)19(15)18(14(11-22)20(24)23)17-5-2-10-26-17/h2,5-10,18H,1,3-4,23H2. The summed E-state index contributed by atoms with van der Waals surface area (Å²) in [5, 5.41) is 11.8. The van der Waals surface area contributed by atoms with E-state index >= 15 is 0 Å². The Morgan fingerprint density at radius 1 is 1.23 bits per heavy atom. The number of nitrogens with two attached hydrogens (primary N) is 1. The van der Waals surface area contributed by atoms with Gasteiger partial charge in [-0.05, 0) is 48.6 Å². The van der Waals surface area contributed by atoms with Gasteiger partial charge in [-0.2, -0.15) is 5.26 Å². The lowest BCUT2D eigenvalue weighted by Gasteiger charge is -2.39. The molecule has 2 N–H and O–H groups in total. The van der Waals surface area contributed by atoms with E-state index in [2.05, 4.69) is 22.0 Å². The zero-order chi connectivity index (χ0) is 18.3. The van der Waals surface area contributed by atoms with Gasteiger partial charge >= 0.3 is 0 Å². The molecule has 1 aliphatic carbocycles. The van der Waals surface area contributed by atoms with Crippen LogP contribution in [0.15, 0.2) is 68.9 Å². The maximum absolute atomic E-state index is 12.9. The molecule has 0 bridgehead atoms. The van der Waals surface area contributed by atoms with Gasteiger partial charge < -0.3 is 5.73 Å². The van der Waals surface area contributed by atoms with E-state index in [9.17, 15) is 10.1 Å². The first kappa shape index (κ1) is 17.1. The SMILES string of the molecule is N#CC1=C(N)N(c2ccc(Br)cc2)C2=C(C(=O)CCC2)C1c1cccs1. The number of carbonyl (C=O) groups excluding carboxylic acids is 1. The molecule has 4 nitrogen and oxygen atoms in total. The number of halogens is 1. The van der Waals surface area contributed by atoms with Gasteiger partial charge in [0.25, 0.3) is 0 Å². The highest BCUT2D eigenvalue weighted by Crippen LogP contribution is 2.47. The number of anilines is 1. The van der Waals surface area contributed by atoms with Crippen LogP contribution >= 0.6 is 27.3 Å². The molecule has 0 fully saturated rings. The Morgan fingerprint density at radius 3 is 2.65 bits per heavy atom. The van der Waals surface area contributed by atoms with Gasteiger partial charge in [-0.15, -0.1) is 11.3 Å². The van der Waals surface area contributed by atoms with Crippen molar-refractivity contribution in [2.45, 2.75) is 25.2 Å². The summed E-state index contributed by atoms with van der Waals surface area (Å²) in [7, 11) is 0. The van der Waals surface area contributed by atoms with Crippen molar-refractivity contribution in [3.8, 4) is 6.07 Å². The lowest BCUT2D eigenvalue weighted by Crippen LogP contribution is -2.38. The molecule has 1 unspecified atom stereocenters. The van der Waals surface area contributed by atoms with Gasteiger partial charge in [-0.25, -0.2) is 0 Å². The number of hydrogen-bond donors (Lipinski definition) is 1. The minimum Gasteiger partial charge on any atom is -0.384 e. The molecule has 0 amide bonds. The first-order valence-electron chi connectivity index (χ1n) is 8.37. The maximum atomic E-state index is 12.9. The van der Waals surface area contributed by atoms with Crippen molar-refractivity contribution >= 4 is 38.7 Å². The number of thiophene rings is 1. The molecule has 6 heteroatoms. The summed E-state index contributed by atoms with van der Waals surface area (Å²) in [5.41, 5.74) is 9.46. The van der Waals surface area contributed by atoms with Crippen LogP contribution in [0.5, 0.6) is 0 Å². The van der Waals surface area contributed by atoms with Gasteiger partial charge in [-0.1, -0.05) is 22.0 Å². The number of Topliss-reactive ketones (excluding diaryl/α,β-unsaturated/α-hetero) is 1. The lowest BCUT2D eigenvalue weighted by molar-refractivity contribution is -0.116. The predicted molar refractivity (Wildman–Crippen MR) is 106 cm³/mol. The van der Waals surface area contributed by atoms with Gasteiger partial charge in [0.1, 0.15) is 5.82 Å². The number of carbonyl (C=O) groups is 1. The Labute approximate surface area is 164 Å². The molecule has 4 rings (SSSR count). The van der Waals surface area contributed by atoms with Gasteiger partial charge in [-0.3, -0.25) is 9.69 Å². The van der Waals surface area contributed by atoms with Crippen LogP contribution in [-0.2, 0) is 4.79 Å². The van der Waals surface area contributed by atoms with Crippen molar-refractivity contribution in [1.82, 2.24) is 0 Å². The number of ketones is 1. The monoisotopic (exact) mass is 425 g/mol. The van der Waals surface area contributed by atoms with E-state index in [0.717, 1.165) is 39.1 Å². The Bertz CT molecular complexity index is 967. The average molecular weight is 426 g/mol. The highest BCUT2D eigenvalue weighted by atomic mass is 79.9. The van der Waals surface area contributed by atoms with E-state index in [0.29, 0.717) is 17.8 Å². The van der Waals surface area contributed by atoms with Gasteiger partial charge in [0.2, 0.25) is 0 Å². The van der Waals surface area contributed by atoms with E-state index in [1.807, 2.05) is 46.7 Å². The second-order valence-electron chi connectivity index (χ2n) is 6.31. The summed E-state index contributed by atoms with van der Waals surface area (Å²) in [6, 6.07) is 14.0. The van der Waals surface area contributed by atoms with Gasteiger partial charge in [0, 0.05) is 32.7 Å². The molecule has 130 valence electrons. The highest BCUT2D eigenvalue weighted by molar-refractivity contribution is 9.10. The molecule has 0 spiro atoms. The maximum Gasteiger partial charge on any atom is 0.161 e. The van der Waals surface area contributed by atoms with Crippen LogP contribution in [0.3, 0.4) is 0 Å². The first-order valence-corrected chi connectivity index (χ1v) is 10.0. The molecular weight excluding hydrogens is 410 g/mol. The molecule has 2 aromatic rings. The zero-order valence-electron chi connectivity index (χ0n) is 13.9. The van der Waals surface area contributed by atoms with Crippen molar-refractivity contribution < 1.29 is 4.79 Å². The number of nitriles is 1. The molecule has 1 aromatic carbocycles. The highest BCUT2D eigenvalue weighted by Gasteiger charge is 2.40. The lowest BCUT2D eigenvalue weighted by atomic mass is 9.78. The molecule has 26 heavy (non-hydrogen) atoms. The van der Waals surface area contributed by atoms with Crippen LogP contribution in [0.4, 0.5) is 5.69 Å². The van der Waals surface area contributed by atoms with Crippen molar-refractivity contribution in [3.63, 3.8) is 0 Å². The third-order valence-electron chi connectivity index (χ3n) is 4.83. The van der Waals surface area contributed by atoms with E-state index in [1.54, 1.807) is 11.3 Å². The Kier molecular flexibility index (Phi) is 4.43. The van der Waals surface area contributed by atoms with Crippen LogP contribution in [0.2, 0.25) is 0 Å². The Morgan fingerprint density at radius 2 is 2.00 bits per heavy atom. The van der Waals surface area contributed by atoms with Crippen LogP contribution in [-0.4, -0.2) is 5.78 Å². The molecule has 2 heterocycles. The van der Waals surface area contributed by atoms with Crippen molar-refractivity contribution in [3.05, 3.63) is 73.8 Å². The largest absolute Gasteiger partial charge is 0.384 e. The Hall–Kier alpha value is -2.36. The van der Waals surface area contributed by atoms with Crippen molar-refractivity contribution in [2.24, 2.45) is 5.73 Å². The van der Waals surface area contributed by atoms with Crippen molar-refractivity contribution in [1.29, 1.82) is 5.26 Å². The van der Waals surface area contributed by atoms with E-state index in [4.69, 9.17) is 5.73 Å². The second kappa shape index (κ2) is 6.75. The molecule has 0 saturated carbocycles. The molecule has 1 aromatic heterocycles. The topological polar surface area (TPSA) is 70.1 Å². The van der Waals surface area contributed by atoms with Crippen LogP contribution < -0.4 is 10.6 Å². The predicted octanol–water partition coefficient (Wildman–Crippen LogP) is 4.82. The normalized spacial score (nSPS) is 20.2. The summed E-state index contributed by atoms with van der Waals surface area (Å²) in [4.78, 5) is 15.8. The summed E-state index contributed by atoms with van der Waals surface area (Å²) in [5.74, 6) is 0.184. The summed E-state index contributed by atoms with van der Waals surface area (Å²) in [6.45, 7) is 0. The first-order chi connectivity index (χ1) is 12.6. The fourth-order valence-electron chi connectivity index (χ4n) is 3.71. The fraction of sp³-hybridized carbons (Fsp3) is 0.200. The van der Waals surface area contributed by atoms with Crippen molar-refractivity contribution in [2.75, 3.05) is 4.90 Å². The Balaban J connectivity index is 1.96. The van der Waals surface area contributed by atoms with E-state index in [-0.39, 0.29) is 11.7 Å². The average Bonchev–Trinajstić information content (AvgIpc) is 3.16. The smallest absolute Gasteiger partial charge is 0.161 e. The number of benzene rings is 1. The third kappa shape index (κ3) is 2.68. The number of rotatable bonds is 2. The molecular formula is C20H16BrN3OS. The number of nitrogens with zero attached hydrogens (tertiary/aromatic N) is 2. The van der Waals surface area contributed by atoms with E-state index in [1.165, 1.54) is 0 Å². The zero-order valence-corrected chi connectivity index (χ0v) is 16.3. The summed E-state index contributed by atoms with van der Waals surface area (Å²) < 4.78 is 0.965. The minimum absolute atomic E-state index is 0.118. The molecule has 0 radical (unpaired) electrons.